The van der Waals surface area contributed by atoms with E-state index in [2.05, 4.69) is 0 Å². The lowest BCUT2D eigenvalue weighted by molar-refractivity contribution is -0.268. The van der Waals surface area contributed by atoms with Gasteiger partial charge >= 0.3 is 47.0 Å². The first kappa shape index (κ1) is 96.0. The normalized spacial score (nSPS) is 11.8. The summed E-state index contributed by atoms with van der Waals surface area (Å²) in [5.74, 6) is -3.90. The maximum Gasteiger partial charge on any atom is 0.365 e. The lowest BCUT2D eigenvalue weighted by Gasteiger charge is -2.36. The van der Waals surface area contributed by atoms with Gasteiger partial charge in [-0.1, -0.05) is 133 Å². The molecule has 0 unspecified atom stereocenters. The first-order valence-electron chi connectivity index (χ1n) is 45.6. The summed E-state index contributed by atoms with van der Waals surface area (Å²) >= 11 is 0. The van der Waals surface area contributed by atoms with Gasteiger partial charge in [0.2, 0.25) is 0 Å². The number of carbonyl (C=O) groups is 6. The third-order valence-corrected chi connectivity index (χ3v) is 25.2. The number of rotatable bonds is 10. The van der Waals surface area contributed by atoms with E-state index in [1.165, 1.54) is 170 Å². The molecule has 6 aliphatic heterocycles. The van der Waals surface area contributed by atoms with Gasteiger partial charge in [-0.2, -0.15) is 0 Å². The third kappa shape index (κ3) is 18.1. The Kier molecular flexibility index (Phi) is 25.0. The van der Waals surface area contributed by atoms with E-state index in [-0.39, 0.29) is 95.5 Å². The summed E-state index contributed by atoms with van der Waals surface area (Å²) in [6.45, 7) is 0. The van der Waals surface area contributed by atoms with Crippen molar-refractivity contribution in [2.24, 2.45) is 0 Å². The van der Waals surface area contributed by atoms with Crippen LogP contribution in [0.5, 0.6) is 57.5 Å². The molecular weight excluding hydrogens is 1920 g/mol. The van der Waals surface area contributed by atoms with Crippen LogP contribution in [0.3, 0.4) is 0 Å². The molecule has 0 atom stereocenters. The molecule has 25 rings (SSSR count). The number of fused-ring (bicyclic) bond motifs is 16. The summed E-state index contributed by atoms with van der Waals surface area (Å²) in [7, 11) is 0. The highest BCUT2D eigenvalue weighted by atomic mass is 16.6. The number of phenols is 6. The zero-order chi connectivity index (χ0) is 105. The smallest absolute Gasteiger partial charge is 0.365 e. The van der Waals surface area contributed by atoms with Crippen molar-refractivity contribution >= 4 is 102 Å². The fraction of sp³-hybridized carbons (Fsp3) is 0.00833. The highest BCUT2D eigenvalue weighted by molar-refractivity contribution is 6.15. The van der Waals surface area contributed by atoms with Gasteiger partial charge < -0.3 is 93.5 Å². The number of phenolic OH excluding ortho intramolecular Hbond substituents is 6. The van der Waals surface area contributed by atoms with Crippen LogP contribution in [0, 0.1) is 0 Å². The molecule has 15 aromatic rings. The second-order valence-electron chi connectivity index (χ2n) is 34.4. The third-order valence-electron chi connectivity index (χ3n) is 25.2. The van der Waals surface area contributed by atoms with Gasteiger partial charge in [0.05, 0.1) is 56.3 Å². The van der Waals surface area contributed by atoms with E-state index >= 15 is 0 Å². The van der Waals surface area contributed by atoms with Crippen molar-refractivity contribution in [2.75, 3.05) is 0 Å². The molecule has 1 spiro atoms. The van der Waals surface area contributed by atoms with Crippen LogP contribution in [0.15, 0.2) is 405 Å². The average molecular weight is 1990 g/mol. The highest BCUT2D eigenvalue weighted by Gasteiger charge is 2.54. The molecule has 30 nitrogen and oxygen atoms in total. The molecule has 10 aliphatic rings. The number of esters is 1. The fourth-order valence-corrected chi connectivity index (χ4v) is 18.8. The minimum Gasteiger partial charge on any atom is -0.872 e. The van der Waals surface area contributed by atoms with Crippen LogP contribution in [0.25, 0.3) is 167 Å². The predicted octanol–water partition coefficient (Wildman–Crippen LogP) is 22.9. The van der Waals surface area contributed by atoms with E-state index in [1.54, 1.807) is 182 Å². The topological polar surface area (TPSA) is 522 Å². The summed E-state index contributed by atoms with van der Waals surface area (Å²) in [4.78, 5) is 118. The zero-order valence-electron chi connectivity index (χ0n) is 77.3. The maximum atomic E-state index is 12.5. The Morgan fingerprint density at radius 1 is 0.240 bits per heavy atom. The van der Waals surface area contributed by atoms with Gasteiger partial charge in [-0.05, 0) is 198 Å². The Balaban J connectivity index is 0.000000109. The van der Waals surface area contributed by atoms with Crippen LogP contribution in [-0.2, 0) is 10.3 Å². The van der Waals surface area contributed by atoms with Crippen molar-refractivity contribution in [3.8, 4) is 158 Å². The molecule has 0 radical (unpaired) electrons. The quantitative estimate of drug-likeness (QED) is 0.0344. The molecule has 11 N–H and O–H groups in total. The number of hydrogen-bond donors (Lipinski definition) is 11. The van der Waals surface area contributed by atoms with Crippen molar-refractivity contribution < 1.29 is 127 Å². The standard InChI is InChI=1S/6C20H12O5/c21-11-5-7-15-17(9-11)24-18-10-12(22)6-8-16(18)20(15)14-4-2-1-3-13(14)19(23)25-20;5*21-11-5-7-15-17(9-11)25-18-10-12(22)6-8-16(18)19(15)13-3-1-2-4-14(13)20(23)24/h1-10,21-22H;1-10H,(H2-,21,22,23,24);4*1-10,21H,(H,23,24)/p-1. The predicted molar refractivity (Wildman–Crippen MR) is 550 cm³/mol. The molecule has 0 fully saturated rings. The largest absolute Gasteiger partial charge is 0.872 e. The van der Waals surface area contributed by atoms with Gasteiger partial charge in [-0.15, -0.1) is 11.5 Å². The molecule has 0 saturated carbocycles. The Hall–Kier alpha value is -21.5. The SMILES string of the molecule is O=C(O)c1ccccc1-c1c2ccc(=O)cc-2oc2cc(O)ccc12.O=C(O)c1ccccc1-c1c2ccc(=O)cc-2oc2cc(O)ccc12.O=C(O)c1ccccc1-c1c2ccc(=O)cc-2oc2cc([O-])ccc12.O=C(O)c1ccccc1-c1c2ccc(=O)cc-2oc2cc([O-])ccc12.O=C(O)c1ccccc1-c1c2ccc(O)cc2[o+]c2cc(O)ccc12.O=C1OC2(c3ccc(O)cc3Oc3cc(O)ccc32)c2ccccc21. The van der Waals surface area contributed by atoms with E-state index in [9.17, 15) is 114 Å². The van der Waals surface area contributed by atoms with Crippen LogP contribution in [0.4, 0.5) is 0 Å². The summed E-state index contributed by atoms with van der Waals surface area (Å²) in [6, 6.07) is 94.6. The molecule has 7 heterocycles. The van der Waals surface area contributed by atoms with Crippen molar-refractivity contribution in [2.45, 2.75) is 5.60 Å². The Bertz CT molecular complexity index is 8810. The van der Waals surface area contributed by atoms with E-state index in [0.717, 1.165) is 0 Å². The molecule has 4 aliphatic carbocycles. The zero-order valence-corrected chi connectivity index (χ0v) is 77.3. The Labute approximate surface area is 842 Å². The monoisotopic (exact) mass is 1990 g/mol. The number of benzene rings is 18. The molecule has 0 amide bonds. The Morgan fingerprint density at radius 2 is 0.500 bits per heavy atom. The molecule has 1 aromatic heterocycles. The van der Waals surface area contributed by atoms with Crippen LogP contribution in [0.2, 0.25) is 0 Å². The highest BCUT2D eigenvalue weighted by Crippen LogP contribution is 2.58. The lowest BCUT2D eigenvalue weighted by Crippen LogP contribution is -2.32. The number of carboxylic acids is 5. The minimum absolute atomic E-state index is 0.0198. The van der Waals surface area contributed by atoms with Crippen LogP contribution in [0.1, 0.15) is 78.8 Å². The van der Waals surface area contributed by atoms with Crippen molar-refractivity contribution in [1.82, 2.24) is 0 Å². The molecule has 732 valence electrons. The Morgan fingerprint density at radius 3 is 0.820 bits per heavy atom. The van der Waals surface area contributed by atoms with Gasteiger partial charge in [-0.3, -0.25) is 19.2 Å². The van der Waals surface area contributed by atoms with Crippen molar-refractivity contribution in [3.63, 3.8) is 0 Å². The molecule has 150 heavy (non-hydrogen) atoms. The van der Waals surface area contributed by atoms with Gasteiger partial charge in [0, 0.05) is 137 Å². The number of hydrogen-bond acceptors (Lipinski definition) is 24. The second kappa shape index (κ2) is 39.1. The molecule has 0 bridgehead atoms. The molecule has 14 aromatic carbocycles. The first-order chi connectivity index (χ1) is 72.3. The van der Waals surface area contributed by atoms with Gasteiger partial charge in [0.1, 0.15) is 91.4 Å². The average Bonchev–Trinajstić information content (AvgIpc) is 1.55. The number of aromatic carboxylic acids is 5. The molecule has 30 heteroatoms. The summed E-state index contributed by atoms with van der Waals surface area (Å²) < 4.78 is 40.6. The van der Waals surface area contributed by atoms with Crippen LogP contribution in [-0.4, -0.2) is 92.0 Å². The molecule has 0 saturated heterocycles. The summed E-state index contributed by atoms with van der Waals surface area (Å²) in [5.41, 5.74) is 11.5. The second-order valence-corrected chi connectivity index (χ2v) is 34.4. The molecular formula is C120H71O30-. The summed E-state index contributed by atoms with van der Waals surface area (Å²) in [6.07, 6.45) is 0. The van der Waals surface area contributed by atoms with E-state index in [1.807, 2.05) is 12.1 Å². The van der Waals surface area contributed by atoms with Crippen LogP contribution < -0.4 is 36.7 Å². The lowest BCUT2D eigenvalue weighted by atomic mass is 9.77. The maximum absolute atomic E-state index is 12.5. The van der Waals surface area contributed by atoms with Gasteiger partial charge in [-0.25, -0.2) is 33.2 Å². The van der Waals surface area contributed by atoms with Gasteiger partial charge in [0.15, 0.2) is 27.3 Å². The van der Waals surface area contributed by atoms with Crippen LogP contribution >= 0.6 is 0 Å². The first-order valence-corrected chi connectivity index (χ1v) is 45.6. The number of ether oxygens (including phenoxy) is 2. The summed E-state index contributed by atoms with van der Waals surface area (Å²) in [5, 5.41) is 134. The number of carboxylic acid groups (broad SMARTS) is 5. The van der Waals surface area contributed by atoms with Crippen molar-refractivity contribution in [3.05, 3.63) is 455 Å². The van der Waals surface area contributed by atoms with E-state index in [4.69, 9.17) is 31.6 Å². The number of aromatic hydroxyl groups is 6. The van der Waals surface area contributed by atoms with E-state index < -0.39 is 41.4 Å². The number of carbonyl (C=O) groups excluding carboxylic acids is 1. The fourth-order valence-electron chi connectivity index (χ4n) is 18.8. The van der Waals surface area contributed by atoms with Gasteiger partial charge in [0.25, 0.3) is 0 Å². The van der Waals surface area contributed by atoms with Crippen molar-refractivity contribution in [1.29, 1.82) is 0 Å². The minimum atomic E-state index is -1.17. The van der Waals surface area contributed by atoms with E-state index in [0.29, 0.717) is 200 Å².